The molecule has 2 aromatic rings. The van der Waals surface area contributed by atoms with Gasteiger partial charge in [-0.05, 0) is 43.2 Å². The number of anilines is 1. The number of sulfonamides is 1. The Balaban J connectivity index is 1.81. The SMILES string of the molecule is COc1ccc(OC)c(S(=O)(=O)N2CCC[C@@H](C(=O)Nc3cc(Cl)ccc3Cl)C2)c1. The highest BCUT2D eigenvalue weighted by atomic mass is 35.5. The second-order valence-electron chi connectivity index (χ2n) is 6.83. The van der Waals surface area contributed by atoms with Crippen LogP contribution in [0.5, 0.6) is 11.5 Å². The van der Waals surface area contributed by atoms with E-state index in [4.69, 9.17) is 32.7 Å². The number of hydrogen-bond donors (Lipinski definition) is 1. The number of rotatable bonds is 6. The Morgan fingerprint density at radius 1 is 1.13 bits per heavy atom. The molecule has 1 fully saturated rings. The molecular weight excluding hydrogens is 451 g/mol. The van der Waals surface area contributed by atoms with Gasteiger partial charge in [0.1, 0.15) is 16.4 Å². The summed E-state index contributed by atoms with van der Waals surface area (Å²) in [5, 5.41) is 3.55. The molecule has 0 unspecified atom stereocenters. The van der Waals surface area contributed by atoms with E-state index < -0.39 is 15.9 Å². The predicted octanol–water partition coefficient (Wildman–Crippen LogP) is 4.05. The van der Waals surface area contributed by atoms with Crippen LogP contribution in [0, 0.1) is 5.92 Å². The number of amides is 1. The summed E-state index contributed by atoms with van der Waals surface area (Å²) in [5.41, 5.74) is 0.392. The Morgan fingerprint density at radius 2 is 1.90 bits per heavy atom. The van der Waals surface area contributed by atoms with Crippen molar-refractivity contribution in [1.82, 2.24) is 4.31 Å². The summed E-state index contributed by atoms with van der Waals surface area (Å²) >= 11 is 12.1. The fourth-order valence-corrected chi connectivity index (χ4v) is 5.36. The summed E-state index contributed by atoms with van der Waals surface area (Å²) in [5.74, 6) is -0.221. The first kappa shape index (κ1) is 22.7. The van der Waals surface area contributed by atoms with Crippen LogP contribution in [0.25, 0.3) is 0 Å². The first-order valence-electron chi connectivity index (χ1n) is 9.24. The number of nitrogens with one attached hydrogen (secondary N) is 1. The van der Waals surface area contributed by atoms with Gasteiger partial charge in [0, 0.05) is 24.2 Å². The van der Waals surface area contributed by atoms with Gasteiger partial charge in [0.25, 0.3) is 0 Å². The number of methoxy groups -OCH3 is 2. The van der Waals surface area contributed by atoms with E-state index in [1.54, 1.807) is 30.3 Å². The van der Waals surface area contributed by atoms with Crippen LogP contribution in [0.2, 0.25) is 10.0 Å². The maximum atomic E-state index is 13.3. The van der Waals surface area contributed by atoms with E-state index >= 15 is 0 Å². The second-order valence-corrected chi connectivity index (χ2v) is 9.58. The summed E-state index contributed by atoms with van der Waals surface area (Å²) in [4.78, 5) is 12.8. The Morgan fingerprint density at radius 3 is 2.60 bits per heavy atom. The zero-order chi connectivity index (χ0) is 21.9. The number of ether oxygens (including phenoxy) is 2. The third kappa shape index (κ3) is 4.83. The molecule has 3 rings (SSSR count). The highest BCUT2D eigenvalue weighted by Crippen LogP contribution is 2.33. The van der Waals surface area contributed by atoms with E-state index in [0.29, 0.717) is 40.9 Å². The van der Waals surface area contributed by atoms with Crippen molar-refractivity contribution in [3.05, 3.63) is 46.4 Å². The minimum Gasteiger partial charge on any atom is -0.497 e. The van der Waals surface area contributed by atoms with Gasteiger partial charge < -0.3 is 14.8 Å². The first-order chi connectivity index (χ1) is 14.3. The highest BCUT2D eigenvalue weighted by Gasteiger charge is 2.35. The molecule has 1 aliphatic heterocycles. The van der Waals surface area contributed by atoms with Crippen molar-refractivity contribution >= 4 is 44.8 Å². The number of halogens is 2. The van der Waals surface area contributed by atoms with Gasteiger partial charge >= 0.3 is 0 Å². The zero-order valence-corrected chi connectivity index (χ0v) is 18.9. The molecule has 10 heteroatoms. The van der Waals surface area contributed by atoms with Crippen LogP contribution in [0.3, 0.4) is 0 Å². The van der Waals surface area contributed by atoms with Crippen molar-refractivity contribution < 1.29 is 22.7 Å². The number of nitrogens with zero attached hydrogens (tertiary/aromatic N) is 1. The summed E-state index contributed by atoms with van der Waals surface area (Å²) in [6.45, 7) is 0.358. The van der Waals surface area contributed by atoms with Crippen molar-refractivity contribution in [3.63, 3.8) is 0 Å². The number of carbonyl (C=O) groups excluding carboxylic acids is 1. The van der Waals surface area contributed by atoms with Crippen LogP contribution in [-0.2, 0) is 14.8 Å². The van der Waals surface area contributed by atoms with Crippen molar-refractivity contribution in [3.8, 4) is 11.5 Å². The van der Waals surface area contributed by atoms with Crippen LogP contribution >= 0.6 is 23.2 Å². The molecule has 0 bridgehead atoms. The van der Waals surface area contributed by atoms with E-state index in [1.165, 1.54) is 24.6 Å². The molecule has 0 spiro atoms. The second kappa shape index (κ2) is 9.43. The zero-order valence-electron chi connectivity index (χ0n) is 16.5. The quantitative estimate of drug-likeness (QED) is 0.685. The van der Waals surface area contributed by atoms with Crippen molar-refractivity contribution in [2.75, 3.05) is 32.6 Å². The maximum Gasteiger partial charge on any atom is 0.246 e. The summed E-state index contributed by atoms with van der Waals surface area (Å²) in [6.07, 6.45) is 1.11. The molecule has 0 aliphatic carbocycles. The van der Waals surface area contributed by atoms with Crippen molar-refractivity contribution in [2.45, 2.75) is 17.7 Å². The number of carbonyl (C=O) groups is 1. The van der Waals surface area contributed by atoms with Crippen LogP contribution in [0.1, 0.15) is 12.8 Å². The van der Waals surface area contributed by atoms with E-state index in [2.05, 4.69) is 5.32 Å². The highest BCUT2D eigenvalue weighted by molar-refractivity contribution is 7.89. The normalized spacial score (nSPS) is 17.4. The van der Waals surface area contributed by atoms with Crippen molar-refractivity contribution in [2.24, 2.45) is 5.92 Å². The van der Waals surface area contributed by atoms with Crippen LogP contribution in [0.15, 0.2) is 41.3 Å². The van der Waals surface area contributed by atoms with E-state index in [1.807, 2.05) is 0 Å². The maximum absolute atomic E-state index is 13.3. The lowest BCUT2D eigenvalue weighted by atomic mass is 9.99. The molecule has 7 nitrogen and oxygen atoms in total. The Hall–Kier alpha value is -2.00. The summed E-state index contributed by atoms with van der Waals surface area (Å²) in [7, 11) is -1.03. The fraction of sp³-hybridized carbons (Fsp3) is 0.350. The topological polar surface area (TPSA) is 84.9 Å². The monoisotopic (exact) mass is 472 g/mol. The Bertz CT molecular complexity index is 1050. The molecule has 0 aromatic heterocycles. The van der Waals surface area contributed by atoms with Crippen LogP contribution in [0.4, 0.5) is 5.69 Å². The summed E-state index contributed by atoms with van der Waals surface area (Å²) in [6, 6.07) is 9.35. The number of benzene rings is 2. The molecule has 1 atom stereocenters. The predicted molar refractivity (Wildman–Crippen MR) is 116 cm³/mol. The smallest absolute Gasteiger partial charge is 0.246 e. The molecule has 1 amide bonds. The molecule has 30 heavy (non-hydrogen) atoms. The molecular formula is C20H22Cl2N2O5S. The fourth-order valence-electron chi connectivity index (χ4n) is 3.33. The third-order valence-corrected chi connectivity index (χ3v) is 7.38. The van der Waals surface area contributed by atoms with E-state index in [9.17, 15) is 13.2 Å². The summed E-state index contributed by atoms with van der Waals surface area (Å²) < 4.78 is 38.3. The van der Waals surface area contributed by atoms with Gasteiger partial charge in [0.05, 0.1) is 30.8 Å². The first-order valence-corrected chi connectivity index (χ1v) is 11.4. The van der Waals surface area contributed by atoms with E-state index in [-0.39, 0.29) is 23.1 Å². The minimum atomic E-state index is -3.89. The Labute approximate surface area is 185 Å². The molecule has 0 saturated carbocycles. The van der Waals surface area contributed by atoms with E-state index in [0.717, 1.165) is 0 Å². The average molecular weight is 473 g/mol. The minimum absolute atomic E-state index is 0.00305. The number of piperidine rings is 1. The lowest BCUT2D eigenvalue weighted by Crippen LogP contribution is -2.43. The largest absolute Gasteiger partial charge is 0.497 e. The molecule has 1 saturated heterocycles. The number of hydrogen-bond acceptors (Lipinski definition) is 5. The van der Waals surface area contributed by atoms with Gasteiger partial charge in [0.2, 0.25) is 15.9 Å². The molecule has 1 heterocycles. The van der Waals surface area contributed by atoms with Gasteiger partial charge in [-0.25, -0.2) is 8.42 Å². The molecule has 2 aromatic carbocycles. The van der Waals surface area contributed by atoms with Crippen LogP contribution < -0.4 is 14.8 Å². The van der Waals surface area contributed by atoms with Gasteiger partial charge in [-0.3, -0.25) is 4.79 Å². The van der Waals surface area contributed by atoms with Gasteiger partial charge in [-0.1, -0.05) is 23.2 Å². The lowest BCUT2D eigenvalue weighted by Gasteiger charge is -2.31. The van der Waals surface area contributed by atoms with Crippen molar-refractivity contribution in [1.29, 1.82) is 0 Å². The van der Waals surface area contributed by atoms with Gasteiger partial charge in [-0.2, -0.15) is 4.31 Å². The average Bonchev–Trinajstić information content (AvgIpc) is 2.75. The molecule has 162 valence electrons. The lowest BCUT2D eigenvalue weighted by molar-refractivity contribution is -0.120. The molecule has 1 aliphatic rings. The van der Waals surface area contributed by atoms with Gasteiger partial charge in [-0.15, -0.1) is 0 Å². The molecule has 0 radical (unpaired) electrons. The Kier molecular flexibility index (Phi) is 7.13. The standard InChI is InChI=1S/C20H22Cl2N2O5S/c1-28-15-6-8-18(29-2)19(11-15)30(26,27)24-9-3-4-13(12-24)20(25)23-17-10-14(21)5-7-16(17)22/h5-8,10-11,13H,3-4,9,12H2,1-2H3,(H,23,25)/t13-/m1/s1. The third-order valence-electron chi connectivity index (χ3n) is 4.93. The molecule has 1 N–H and O–H groups in total. The van der Waals surface area contributed by atoms with Gasteiger partial charge in [0.15, 0.2) is 0 Å². The van der Waals surface area contributed by atoms with Crippen LogP contribution in [-0.4, -0.2) is 45.9 Å².